The number of nitrogens with zero attached hydrogens (tertiary/aromatic N) is 1. The first-order valence-electron chi connectivity index (χ1n) is 10.7. The average molecular weight is 444 g/mol. The Bertz CT molecular complexity index is 966. The van der Waals surface area contributed by atoms with Crippen LogP contribution in [0.2, 0.25) is 0 Å². The second kappa shape index (κ2) is 9.59. The number of hydrogen-bond acceptors (Lipinski definition) is 6. The summed E-state index contributed by atoms with van der Waals surface area (Å²) >= 11 is 0. The van der Waals surface area contributed by atoms with Gasteiger partial charge in [-0.05, 0) is 74.6 Å². The van der Waals surface area contributed by atoms with Crippen LogP contribution in [0.15, 0.2) is 30.3 Å². The SMILES string of the molecule is COc1ccc(CC2c3cc(OC)c(OC)cc3CCN2C(=O)OC(C)(C)C)cc1OC. The molecule has 0 spiro atoms. The summed E-state index contributed by atoms with van der Waals surface area (Å²) in [5.74, 6) is 2.63. The van der Waals surface area contributed by atoms with Gasteiger partial charge in [0.05, 0.1) is 34.5 Å². The van der Waals surface area contributed by atoms with Crippen molar-refractivity contribution in [3.63, 3.8) is 0 Å². The molecule has 0 saturated heterocycles. The zero-order valence-corrected chi connectivity index (χ0v) is 20.0. The number of methoxy groups -OCH3 is 4. The highest BCUT2D eigenvalue weighted by molar-refractivity contribution is 5.70. The fourth-order valence-corrected chi connectivity index (χ4v) is 4.02. The van der Waals surface area contributed by atoms with E-state index in [-0.39, 0.29) is 12.1 Å². The molecule has 32 heavy (non-hydrogen) atoms. The molecule has 0 radical (unpaired) electrons. The smallest absolute Gasteiger partial charge is 0.410 e. The highest BCUT2D eigenvalue weighted by Gasteiger charge is 2.35. The average Bonchev–Trinajstić information content (AvgIpc) is 2.76. The normalized spacial score (nSPS) is 15.6. The fourth-order valence-electron chi connectivity index (χ4n) is 4.02. The molecule has 0 bridgehead atoms. The van der Waals surface area contributed by atoms with E-state index in [1.54, 1.807) is 33.3 Å². The van der Waals surface area contributed by atoms with Gasteiger partial charge in [0, 0.05) is 6.54 Å². The van der Waals surface area contributed by atoms with Crippen LogP contribution in [0, 0.1) is 0 Å². The second-order valence-corrected chi connectivity index (χ2v) is 8.74. The van der Waals surface area contributed by atoms with Crippen molar-refractivity contribution in [2.45, 2.75) is 45.3 Å². The molecular formula is C25H33NO6. The minimum absolute atomic E-state index is 0.230. The number of ether oxygens (including phenoxy) is 5. The van der Waals surface area contributed by atoms with Crippen LogP contribution in [0.3, 0.4) is 0 Å². The Balaban J connectivity index is 2.05. The summed E-state index contributed by atoms with van der Waals surface area (Å²) < 4.78 is 27.6. The third-order valence-corrected chi connectivity index (χ3v) is 5.51. The van der Waals surface area contributed by atoms with Crippen molar-refractivity contribution in [1.29, 1.82) is 0 Å². The van der Waals surface area contributed by atoms with Crippen LogP contribution in [0.5, 0.6) is 23.0 Å². The highest BCUT2D eigenvalue weighted by atomic mass is 16.6. The number of amides is 1. The van der Waals surface area contributed by atoms with Gasteiger partial charge in [0.25, 0.3) is 0 Å². The van der Waals surface area contributed by atoms with Crippen molar-refractivity contribution in [3.8, 4) is 23.0 Å². The number of carbonyl (C=O) groups excluding carboxylic acids is 1. The molecule has 7 nitrogen and oxygen atoms in total. The molecule has 2 aromatic carbocycles. The summed E-state index contributed by atoms with van der Waals surface area (Å²) in [6.07, 6.45) is 0.961. The Morgan fingerprint density at radius 2 is 1.50 bits per heavy atom. The lowest BCUT2D eigenvalue weighted by Gasteiger charge is -2.38. The third-order valence-electron chi connectivity index (χ3n) is 5.51. The monoisotopic (exact) mass is 443 g/mol. The quantitative estimate of drug-likeness (QED) is 0.639. The lowest BCUT2D eigenvalue weighted by Crippen LogP contribution is -2.43. The van der Waals surface area contributed by atoms with Gasteiger partial charge in [-0.15, -0.1) is 0 Å². The third kappa shape index (κ3) is 5.03. The van der Waals surface area contributed by atoms with Gasteiger partial charge in [-0.2, -0.15) is 0 Å². The largest absolute Gasteiger partial charge is 0.493 e. The van der Waals surface area contributed by atoms with Crippen molar-refractivity contribution in [2.24, 2.45) is 0 Å². The Hall–Kier alpha value is -3.09. The standard InChI is InChI=1S/C25H33NO6/c1-25(2,3)32-24(27)26-11-10-17-14-22(30-6)23(31-7)15-18(17)19(26)12-16-8-9-20(28-4)21(13-16)29-5/h8-9,13-15,19H,10-12H2,1-7H3. The zero-order valence-electron chi connectivity index (χ0n) is 20.0. The van der Waals surface area contributed by atoms with Crippen molar-refractivity contribution < 1.29 is 28.5 Å². The highest BCUT2D eigenvalue weighted by Crippen LogP contribution is 2.40. The van der Waals surface area contributed by atoms with E-state index in [4.69, 9.17) is 23.7 Å². The van der Waals surface area contributed by atoms with Gasteiger partial charge in [0.1, 0.15) is 5.60 Å². The number of rotatable bonds is 6. The van der Waals surface area contributed by atoms with Gasteiger partial charge in [-0.1, -0.05) is 6.07 Å². The van der Waals surface area contributed by atoms with Crippen molar-refractivity contribution >= 4 is 6.09 Å². The minimum Gasteiger partial charge on any atom is -0.493 e. The number of benzene rings is 2. The van der Waals surface area contributed by atoms with Crippen molar-refractivity contribution in [3.05, 3.63) is 47.0 Å². The van der Waals surface area contributed by atoms with Crippen molar-refractivity contribution in [2.75, 3.05) is 35.0 Å². The molecule has 1 heterocycles. The van der Waals surface area contributed by atoms with Crippen LogP contribution >= 0.6 is 0 Å². The summed E-state index contributed by atoms with van der Waals surface area (Å²) in [7, 11) is 6.46. The first-order valence-corrected chi connectivity index (χ1v) is 10.7. The molecule has 0 saturated carbocycles. The van der Waals surface area contributed by atoms with E-state index >= 15 is 0 Å². The molecule has 1 amide bonds. The molecule has 1 unspecified atom stereocenters. The maximum Gasteiger partial charge on any atom is 0.410 e. The first-order chi connectivity index (χ1) is 15.2. The summed E-state index contributed by atoms with van der Waals surface area (Å²) in [4.78, 5) is 14.9. The van der Waals surface area contributed by atoms with E-state index in [2.05, 4.69) is 0 Å². The maximum atomic E-state index is 13.1. The lowest BCUT2D eigenvalue weighted by atomic mass is 9.88. The molecule has 0 aliphatic carbocycles. The van der Waals surface area contributed by atoms with E-state index in [1.165, 1.54) is 0 Å². The molecule has 174 valence electrons. The molecular weight excluding hydrogens is 410 g/mol. The first kappa shape index (κ1) is 23.6. The number of fused-ring (bicyclic) bond motifs is 1. The summed E-state index contributed by atoms with van der Waals surface area (Å²) in [5, 5.41) is 0. The molecule has 2 aromatic rings. The van der Waals surface area contributed by atoms with Crippen LogP contribution in [-0.4, -0.2) is 51.6 Å². The molecule has 0 N–H and O–H groups in total. The van der Waals surface area contributed by atoms with Gasteiger partial charge in [0.2, 0.25) is 0 Å². The van der Waals surface area contributed by atoms with E-state index in [0.717, 1.165) is 16.7 Å². The van der Waals surface area contributed by atoms with E-state index in [0.29, 0.717) is 42.4 Å². The molecule has 1 aliphatic rings. The van der Waals surface area contributed by atoms with Crippen LogP contribution in [-0.2, 0) is 17.6 Å². The minimum atomic E-state index is -0.581. The van der Waals surface area contributed by atoms with Gasteiger partial charge in [-0.25, -0.2) is 4.79 Å². The van der Waals surface area contributed by atoms with Gasteiger partial charge in [-0.3, -0.25) is 0 Å². The molecule has 0 fully saturated rings. The summed E-state index contributed by atoms with van der Waals surface area (Å²) in [6.45, 7) is 6.18. The Labute approximate surface area is 190 Å². The van der Waals surface area contributed by atoms with Crippen LogP contribution in [0.1, 0.15) is 43.5 Å². The van der Waals surface area contributed by atoms with E-state index in [9.17, 15) is 4.79 Å². The van der Waals surface area contributed by atoms with Crippen LogP contribution in [0.25, 0.3) is 0 Å². The summed E-state index contributed by atoms with van der Waals surface area (Å²) in [5.41, 5.74) is 2.59. The van der Waals surface area contributed by atoms with Gasteiger partial charge >= 0.3 is 6.09 Å². The lowest BCUT2D eigenvalue weighted by molar-refractivity contribution is 0.0141. The Morgan fingerprint density at radius 1 is 0.906 bits per heavy atom. The molecule has 1 aliphatic heterocycles. The van der Waals surface area contributed by atoms with Gasteiger partial charge < -0.3 is 28.6 Å². The molecule has 0 aromatic heterocycles. The summed E-state index contributed by atoms with van der Waals surface area (Å²) in [6, 6.07) is 9.56. The molecule has 7 heteroatoms. The van der Waals surface area contributed by atoms with Crippen molar-refractivity contribution in [1.82, 2.24) is 4.90 Å². The van der Waals surface area contributed by atoms with Crippen LogP contribution < -0.4 is 18.9 Å². The predicted octanol–water partition coefficient (Wildman–Crippen LogP) is 4.80. The maximum absolute atomic E-state index is 13.1. The molecule has 1 atom stereocenters. The van der Waals surface area contributed by atoms with Gasteiger partial charge in [0.15, 0.2) is 23.0 Å². The van der Waals surface area contributed by atoms with E-state index in [1.807, 2.05) is 51.1 Å². The molecule has 3 rings (SSSR count). The predicted molar refractivity (Wildman–Crippen MR) is 122 cm³/mol. The Morgan fingerprint density at radius 3 is 2.09 bits per heavy atom. The number of hydrogen-bond donors (Lipinski definition) is 0. The second-order valence-electron chi connectivity index (χ2n) is 8.74. The van der Waals surface area contributed by atoms with Crippen LogP contribution in [0.4, 0.5) is 4.79 Å². The number of carbonyl (C=O) groups is 1. The topological polar surface area (TPSA) is 66.5 Å². The van der Waals surface area contributed by atoms with E-state index < -0.39 is 5.60 Å². The Kier molecular flexibility index (Phi) is 7.06. The zero-order chi connectivity index (χ0) is 23.5. The fraction of sp³-hybridized carbons (Fsp3) is 0.480.